The van der Waals surface area contributed by atoms with Gasteiger partial charge in [0, 0.05) is 12.2 Å². The number of aromatic carboxylic acids is 1. The van der Waals surface area contributed by atoms with Gasteiger partial charge in [-0.05, 0) is 30.7 Å². The molecule has 0 unspecified atom stereocenters. The van der Waals surface area contributed by atoms with E-state index >= 15 is 0 Å². The van der Waals surface area contributed by atoms with E-state index < -0.39 is 5.97 Å². The van der Waals surface area contributed by atoms with Crippen molar-refractivity contribution in [2.75, 3.05) is 5.32 Å². The van der Waals surface area contributed by atoms with Crippen molar-refractivity contribution in [1.82, 2.24) is 5.32 Å². The first-order chi connectivity index (χ1) is 10.0. The Hall–Kier alpha value is -2.82. The number of carboxylic acid groups (broad SMARTS) is 1. The first kappa shape index (κ1) is 14.6. The molecular formula is C16H16N2O3. The van der Waals surface area contributed by atoms with Crippen LogP contribution < -0.4 is 10.6 Å². The molecule has 0 spiro atoms. The summed E-state index contributed by atoms with van der Waals surface area (Å²) in [5, 5.41) is 14.2. The molecule has 0 heterocycles. The maximum absolute atomic E-state index is 11.8. The number of carbonyl (C=O) groups is 2. The van der Waals surface area contributed by atoms with Gasteiger partial charge in [0.1, 0.15) is 0 Å². The molecule has 0 aliphatic rings. The first-order valence-corrected chi connectivity index (χ1v) is 6.48. The van der Waals surface area contributed by atoms with Gasteiger partial charge in [-0.1, -0.05) is 35.9 Å². The second kappa shape index (κ2) is 6.56. The predicted molar refractivity (Wildman–Crippen MR) is 80.4 cm³/mol. The van der Waals surface area contributed by atoms with Gasteiger partial charge in [0.2, 0.25) is 0 Å². The second-order valence-electron chi connectivity index (χ2n) is 4.68. The van der Waals surface area contributed by atoms with Crippen LogP contribution >= 0.6 is 0 Å². The molecule has 5 heteroatoms. The summed E-state index contributed by atoms with van der Waals surface area (Å²) in [5.74, 6) is -1.03. The number of hydrogen-bond donors (Lipinski definition) is 3. The monoisotopic (exact) mass is 284 g/mol. The fourth-order valence-corrected chi connectivity index (χ4v) is 1.91. The molecule has 0 bridgehead atoms. The summed E-state index contributed by atoms with van der Waals surface area (Å²) in [6.07, 6.45) is 0. The molecule has 0 fully saturated rings. The zero-order valence-electron chi connectivity index (χ0n) is 11.6. The van der Waals surface area contributed by atoms with Crippen LogP contribution in [0.25, 0.3) is 0 Å². The number of anilines is 1. The van der Waals surface area contributed by atoms with Crippen LogP contribution in [0, 0.1) is 6.92 Å². The Labute approximate surface area is 122 Å². The highest BCUT2D eigenvalue weighted by atomic mass is 16.4. The van der Waals surface area contributed by atoms with E-state index in [1.54, 1.807) is 12.1 Å². The number of nitrogens with one attached hydrogen (secondary N) is 2. The van der Waals surface area contributed by atoms with E-state index in [1.807, 2.05) is 31.2 Å². The van der Waals surface area contributed by atoms with Gasteiger partial charge in [0.05, 0.1) is 5.56 Å². The molecule has 0 saturated heterocycles. The average molecular weight is 284 g/mol. The van der Waals surface area contributed by atoms with E-state index in [9.17, 15) is 9.59 Å². The zero-order chi connectivity index (χ0) is 15.2. The molecule has 0 aliphatic carbocycles. The minimum Gasteiger partial charge on any atom is -0.478 e. The number of benzene rings is 2. The molecule has 0 aromatic heterocycles. The third-order valence-electron chi connectivity index (χ3n) is 2.90. The van der Waals surface area contributed by atoms with E-state index in [2.05, 4.69) is 10.6 Å². The molecule has 0 saturated carbocycles. The van der Waals surface area contributed by atoms with Crippen molar-refractivity contribution in [2.45, 2.75) is 13.5 Å². The molecule has 2 rings (SSSR count). The van der Waals surface area contributed by atoms with Crippen LogP contribution in [0.5, 0.6) is 0 Å². The molecule has 0 atom stereocenters. The smallest absolute Gasteiger partial charge is 0.335 e. The lowest BCUT2D eigenvalue weighted by Crippen LogP contribution is -2.28. The lowest BCUT2D eigenvalue weighted by Gasteiger charge is -2.08. The van der Waals surface area contributed by atoms with Crippen molar-refractivity contribution in [1.29, 1.82) is 0 Å². The molecular weight excluding hydrogens is 268 g/mol. The summed E-state index contributed by atoms with van der Waals surface area (Å²) in [6.45, 7) is 2.40. The molecule has 108 valence electrons. The summed E-state index contributed by atoms with van der Waals surface area (Å²) >= 11 is 0. The largest absolute Gasteiger partial charge is 0.478 e. The van der Waals surface area contributed by atoms with Gasteiger partial charge in [-0.15, -0.1) is 0 Å². The quantitative estimate of drug-likeness (QED) is 0.807. The van der Waals surface area contributed by atoms with Crippen LogP contribution in [0.3, 0.4) is 0 Å². The Morgan fingerprint density at radius 2 is 1.86 bits per heavy atom. The Bertz CT molecular complexity index is 668. The number of aryl methyl sites for hydroxylation is 1. The van der Waals surface area contributed by atoms with Gasteiger partial charge in [-0.3, -0.25) is 0 Å². The van der Waals surface area contributed by atoms with E-state index in [0.717, 1.165) is 11.1 Å². The van der Waals surface area contributed by atoms with Crippen LogP contribution in [-0.4, -0.2) is 17.1 Å². The number of carbonyl (C=O) groups excluding carboxylic acids is 1. The van der Waals surface area contributed by atoms with Crippen molar-refractivity contribution < 1.29 is 14.7 Å². The van der Waals surface area contributed by atoms with Crippen LogP contribution in [0.4, 0.5) is 10.5 Å². The van der Waals surface area contributed by atoms with Crippen LogP contribution in [0.2, 0.25) is 0 Å². The summed E-state index contributed by atoms with van der Waals surface area (Å²) in [4.78, 5) is 22.6. The van der Waals surface area contributed by atoms with Gasteiger partial charge in [0.25, 0.3) is 0 Å². The van der Waals surface area contributed by atoms with Gasteiger partial charge in [0.15, 0.2) is 0 Å². The molecule has 21 heavy (non-hydrogen) atoms. The number of amides is 2. The minimum atomic E-state index is -1.03. The van der Waals surface area contributed by atoms with Crippen LogP contribution in [0.15, 0.2) is 48.5 Å². The second-order valence-corrected chi connectivity index (χ2v) is 4.68. The maximum Gasteiger partial charge on any atom is 0.335 e. The highest BCUT2D eigenvalue weighted by Gasteiger charge is 2.06. The summed E-state index contributed by atoms with van der Waals surface area (Å²) in [5.41, 5.74) is 2.71. The van der Waals surface area contributed by atoms with Crippen LogP contribution in [0.1, 0.15) is 21.5 Å². The fourth-order valence-electron chi connectivity index (χ4n) is 1.91. The van der Waals surface area contributed by atoms with E-state index in [0.29, 0.717) is 12.2 Å². The third kappa shape index (κ3) is 4.35. The SMILES string of the molecule is Cc1cccc(CNC(=O)Nc2cccc(C(=O)O)c2)c1. The zero-order valence-corrected chi connectivity index (χ0v) is 11.6. The third-order valence-corrected chi connectivity index (χ3v) is 2.90. The summed E-state index contributed by atoms with van der Waals surface area (Å²) in [7, 11) is 0. The maximum atomic E-state index is 11.8. The van der Waals surface area contributed by atoms with E-state index in [-0.39, 0.29) is 11.6 Å². The van der Waals surface area contributed by atoms with Crippen molar-refractivity contribution in [2.24, 2.45) is 0 Å². The van der Waals surface area contributed by atoms with Gasteiger partial charge < -0.3 is 15.7 Å². The lowest BCUT2D eigenvalue weighted by molar-refractivity contribution is 0.0697. The van der Waals surface area contributed by atoms with Crippen molar-refractivity contribution in [3.05, 3.63) is 65.2 Å². The first-order valence-electron chi connectivity index (χ1n) is 6.48. The van der Waals surface area contributed by atoms with Crippen molar-refractivity contribution >= 4 is 17.7 Å². The van der Waals surface area contributed by atoms with Gasteiger partial charge >= 0.3 is 12.0 Å². The Morgan fingerprint density at radius 1 is 1.10 bits per heavy atom. The molecule has 3 N–H and O–H groups in total. The Kier molecular flexibility index (Phi) is 4.56. The molecule has 0 aliphatic heterocycles. The highest BCUT2D eigenvalue weighted by molar-refractivity contribution is 5.93. The Balaban J connectivity index is 1.93. The Morgan fingerprint density at radius 3 is 2.57 bits per heavy atom. The number of urea groups is 1. The lowest BCUT2D eigenvalue weighted by atomic mass is 10.1. The molecule has 0 radical (unpaired) electrons. The molecule has 2 aromatic rings. The van der Waals surface area contributed by atoms with E-state index in [4.69, 9.17) is 5.11 Å². The van der Waals surface area contributed by atoms with Gasteiger partial charge in [-0.25, -0.2) is 9.59 Å². The molecule has 5 nitrogen and oxygen atoms in total. The summed E-state index contributed by atoms with van der Waals surface area (Å²) < 4.78 is 0. The normalized spacial score (nSPS) is 9.95. The molecule has 2 aromatic carbocycles. The fraction of sp³-hybridized carbons (Fsp3) is 0.125. The van der Waals surface area contributed by atoms with Gasteiger partial charge in [-0.2, -0.15) is 0 Å². The van der Waals surface area contributed by atoms with Crippen molar-refractivity contribution in [3.63, 3.8) is 0 Å². The topological polar surface area (TPSA) is 78.4 Å². The average Bonchev–Trinajstić information content (AvgIpc) is 2.45. The van der Waals surface area contributed by atoms with Crippen molar-refractivity contribution in [3.8, 4) is 0 Å². The predicted octanol–water partition coefficient (Wildman–Crippen LogP) is 3.01. The number of hydrogen-bond acceptors (Lipinski definition) is 2. The minimum absolute atomic E-state index is 0.131. The summed E-state index contributed by atoms with van der Waals surface area (Å²) in [6, 6.07) is 13.6. The number of carboxylic acids is 1. The molecule has 2 amide bonds. The highest BCUT2D eigenvalue weighted by Crippen LogP contribution is 2.10. The van der Waals surface area contributed by atoms with E-state index in [1.165, 1.54) is 12.1 Å². The van der Waals surface area contributed by atoms with Crippen LogP contribution in [-0.2, 0) is 6.54 Å². The standard InChI is InChI=1S/C16H16N2O3/c1-11-4-2-5-12(8-11)10-17-16(21)18-14-7-3-6-13(9-14)15(19)20/h2-9H,10H2,1H3,(H,19,20)(H2,17,18,21). The number of rotatable bonds is 4.